The van der Waals surface area contributed by atoms with E-state index in [0.717, 1.165) is 36.8 Å². The van der Waals surface area contributed by atoms with Gasteiger partial charge in [-0.15, -0.1) is 0 Å². The van der Waals surface area contributed by atoms with Gasteiger partial charge >= 0.3 is 5.97 Å². The van der Waals surface area contributed by atoms with Crippen molar-refractivity contribution in [2.24, 2.45) is 5.92 Å². The predicted octanol–water partition coefficient (Wildman–Crippen LogP) is 4.50. The van der Waals surface area contributed by atoms with E-state index in [-0.39, 0.29) is 17.8 Å². The minimum atomic E-state index is -0.0941. The van der Waals surface area contributed by atoms with Crippen LogP contribution in [-0.4, -0.2) is 24.5 Å². The van der Waals surface area contributed by atoms with Gasteiger partial charge in [-0.25, -0.2) is 0 Å². The Bertz CT molecular complexity index is 674. The Morgan fingerprint density at radius 3 is 2.65 bits per heavy atom. The lowest BCUT2D eigenvalue weighted by Crippen LogP contribution is -2.36. The number of hydrogen-bond donors (Lipinski definition) is 1. The monoisotopic (exact) mass is 355 g/mol. The van der Waals surface area contributed by atoms with Crippen LogP contribution in [0.25, 0.3) is 5.57 Å². The second-order valence-corrected chi connectivity index (χ2v) is 7.34. The highest BCUT2D eigenvalue weighted by molar-refractivity contribution is 5.95. The van der Waals surface area contributed by atoms with Crippen molar-refractivity contribution in [2.75, 3.05) is 6.61 Å². The van der Waals surface area contributed by atoms with Gasteiger partial charge in [0.05, 0.1) is 12.5 Å². The molecule has 0 heterocycles. The molecule has 140 valence electrons. The molecule has 4 nitrogen and oxygen atoms in total. The van der Waals surface area contributed by atoms with Gasteiger partial charge < -0.3 is 10.1 Å². The molecule has 0 radical (unpaired) electrons. The van der Waals surface area contributed by atoms with Crippen molar-refractivity contribution in [3.05, 3.63) is 41.5 Å². The van der Waals surface area contributed by atoms with Crippen LogP contribution in [0.2, 0.25) is 0 Å². The summed E-state index contributed by atoms with van der Waals surface area (Å²) in [6.45, 7) is 2.27. The summed E-state index contributed by atoms with van der Waals surface area (Å²) in [5.41, 5.74) is 3.03. The molecule has 0 bridgehead atoms. The van der Waals surface area contributed by atoms with Crippen molar-refractivity contribution in [1.29, 1.82) is 0 Å². The average molecular weight is 355 g/mol. The Kier molecular flexibility index (Phi) is 6.48. The first kappa shape index (κ1) is 18.7. The minimum Gasteiger partial charge on any atom is -0.466 e. The summed E-state index contributed by atoms with van der Waals surface area (Å²) in [6.07, 6.45) is 10.4. The fraction of sp³-hybridized carbons (Fsp3) is 0.545. The highest BCUT2D eigenvalue weighted by Crippen LogP contribution is 2.31. The number of esters is 1. The summed E-state index contributed by atoms with van der Waals surface area (Å²) in [4.78, 5) is 24.4. The number of hydrogen-bond acceptors (Lipinski definition) is 3. The van der Waals surface area contributed by atoms with Gasteiger partial charge in [0.25, 0.3) is 5.91 Å². The molecule has 1 aromatic rings. The number of allylic oxidation sites excluding steroid dienone is 2. The molecule has 3 rings (SSSR count). The van der Waals surface area contributed by atoms with Crippen LogP contribution in [0.5, 0.6) is 0 Å². The summed E-state index contributed by atoms with van der Waals surface area (Å²) in [5, 5.41) is 3.18. The fourth-order valence-corrected chi connectivity index (χ4v) is 3.95. The zero-order chi connectivity index (χ0) is 18.4. The van der Waals surface area contributed by atoms with Crippen molar-refractivity contribution >= 4 is 17.4 Å². The van der Waals surface area contributed by atoms with E-state index in [1.165, 1.54) is 24.8 Å². The molecule has 4 heteroatoms. The van der Waals surface area contributed by atoms with E-state index in [9.17, 15) is 9.59 Å². The molecule has 1 aromatic carbocycles. The van der Waals surface area contributed by atoms with Crippen LogP contribution in [0.4, 0.5) is 0 Å². The van der Waals surface area contributed by atoms with Gasteiger partial charge in [-0.2, -0.15) is 0 Å². The van der Waals surface area contributed by atoms with Gasteiger partial charge in [-0.1, -0.05) is 37.5 Å². The number of benzene rings is 1. The van der Waals surface area contributed by atoms with E-state index < -0.39 is 0 Å². The number of carbonyl (C=O) groups excluding carboxylic acids is 2. The first-order valence-corrected chi connectivity index (χ1v) is 9.94. The highest BCUT2D eigenvalue weighted by Gasteiger charge is 2.23. The zero-order valence-corrected chi connectivity index (χ0v) is 15.6. The molecule has 0 aliphatic heterocycles. The molecule has 2 aliphatic carbocycles. The van der Waals surface area contributed by atoms with Gasteiger partial charge in [-0.05, 0) is 62.3 Å². The van der Waals surface area contributed by atoms with E-state index in [2.05, 4.69) is 11.4 Å². The lowest BCUT2D eigenvalue weighted by Gasteiger charge is -2.23. The standard InChI is InChI=1S/C22H29NO3/c1-2-26-22(25)17-13-11-16(12-14-17)18-7-6-8-19(15-18)21(24)23-20-9-4-3-5-10-20/h6-8,11,15,17,20H,2-5,9-10,12-14H2,1H3,(H,23,24). The molecule has 26 heavy (non-hydrogen) atoms. The molecule has 2 aliphatic rings. The maximum absolute atomic E-state index is 12.6. The normalized spacial score (nSPS) is 21.0. The van der Waals surface area contributed by atoms with Crippen LogP contribution >= 0.6 is 0 Å². The van der Waals surface area contributed by atoms with Crippen molar-refractivity contribution in [1.82, 2.24) is 5.32 Å². The number of carbonyl (C=O) groups is 2. The highest BCUT2D eigenvalue weighted by atomic mass is 16.5. The lowest BCUT2D eigenvalue weighted by atomic mass is 9.86. The van der Waals surface area contributed by atoms with E-state index in [0.29, 0.717) is 19.1 Å². The zero-order valence-electron chi connectivity index (χ0n) is 15.6. The molecule has 1 unspecified atom stereocenters. The number of amides is 1. The molecular weight excluding hydrogens is 326 g/mol. The van der Waals surface area contributed by atoms with Crippen molar-refractivity contribution < 1.29 is 14.3 Å². The number of nitrogens with one attached hydrogen (secondary N) is 1. The predicted molar refractivity (Wildman–Crippen MR) is 103 cm³/mol. The second-order valence-electron chi connectivity index (χ2n) is 7.34. The summed E-state index contributed by atoms with van der Waals surface area (Å²) in [6, 6.07) is 8.18. The van der Waals surface area contributed by atoms with Crippen LogP contribution in [-0.2, 0) is 9.53 Å². The average Bonchev–Trinajstić information content (AvgIpc) is 2.69. The minimum absolute atomic E-state index is 0.0274. The van der Waals surface area contributed by atoms with Crippen LogP contribution in [0, 0.1) is 5.92 Å². The van der Waals surface area contributed by atoms with Crippen LogP contribution in [0.1, 0.15) is 74.2 Å². The maximum atomic E-state index is 12.6. The molecule has 1 fully saturated rings. The maximum Gasteiger partial charge on any atom is 0.309 e. The number of rotatable bonds is 5. The smallest absolute Gasteiger partial charge is 0.309 e. The lowest BCUT2D eigenvalue weighted by molar-refractivity contribution is -0.148. The summed E-state index contributed by atoms with van der Waals surface area (Å²) >= 11 is 0. The van der Waals surface area contributed by atoms with Crippen LogP contribution < -0.4 is 5.32 Å². The molecular formula is C22H29NO3. The Hall–Kier alpha value is -2.10. The quantitative estimate of drug-likeness (QED) is 0.792. The first-order chi connectivity index (χ1) is 12.7. The van der Waals surface area contributed by atoms with Gasteiger partial charge in [0.1, 0.15) is 0 Å². The molecule has 1 atom stereocenters. The third-order valence-corrected chi connectivity index (χ3v) is 5.47. The van der Waals surface area contributed by atoms with E-state index in [4.69, 9.17) is 4.74 Å². The van der Waals surface area contributed by atoms with Crippen LogP contribution in [0.15, 0.2) is 30.3 Å². The first-order valence-electron chi connectivity index (χ1n) is 9.94. The molecule has 1 amide bonds. The van der Waals surface area contributed by atoms with Crippen molar-refractivity contribution in [3.63, 3.8) is 0 Å². The summed E-state index contributed by atoms with van der Waals surface area (Å²) in [7, 11) is 0. The van der Waals surface area contributed by atoms with Crippen LogP contribution in [0.3, 0.4) is 0 Å². The van der Waals surface area contributed by atoms with Gasteiger partial charge in [0.15, 0.2) is 0 Å². The molecule has 1 N–H and O–H groups in total. The fourth-order valence-electron chi connectivity index (χ4n) is 3.95. The van der Waals surface area contributed by atoms with Gasteiger partial charge in [-0.3, -0.25) is 9.59 Å². The third-order valence-electron chi connectivity index (χ3n) is 5.47. The Labute approximate surface area is 156 Å². The van der Waals surface area contributed by atoms with Crippen molar-refractivity contribution in [2.45, 2.75) is 64.3 Å². The summed E-state index contributed by atoms with van der Waals surface area (Å²) < 4.78 is 5.12. The largest absolute Gasteiger partial charge is 0.466 e. The van der Waals surface area contributed by atoms with Gasteiger partial charge in [0, 0.05) is 11.6 Å². The number of ether oxygens (including phenoxy) is 1. The van der Waals surface area contributed by atoms with Gasteiger partial charge in [0.2, 0.25) is 0 Å². The SMILES string of the molecule is CCOC(=O)C1CC=C(c2cccc(C(=O)NC3CCCCC3)c2)CC1. The Morgan fingerprint density at radius 2 is 1.96 bits per heavy atom. The summed E-state index contributed by atoms with van der Waals surface area (Å²) in [5.74, 6) is -0.0977. The Morgan fingerprint density at radius 1 is 1.15 bits per heavy atom. The van der Waals surface area contributed by atoms with E-state index >= 15 is 0 Å². The molecule has 0 saturated heterocycles. The molecule has 1 saturated carbocycles. The topological polar surface area (TPSA) is 55.4 Å². The molecule has 0 aromatic heterocycles. The third kappa shape index (κ3) is 4.75. The van der Waals surface area contributed by atoms with E-state index in [1.807, 2.05) is 31.2 Å². The molecule has 0 spiro atoms. The Balaban J connectivity index is 1.63. The van der Waals surface area contributed by atoms with Crippen molar-refractivity contribution in [3.8, 4) is 0 Å². The van der Waals surface area contributed by atoms with E-state index in [1.54, 1.807) is 0 Å². The second kappa shape index (κ2) is 9.02.